The molecule has 3 atom stereocenters. The summed E-state index contributed by atoms with van der Waals surface area (Å²) in [6, 6.07) is 1.68. The third-order valence-electron chi connectivity index (χ3n) is 3.79. The Balaban J connectivity index is 1.57. The van der Waals surface area contributed by atoms with E-state index in [0.29, 0.717) is 0 Å². The molecule has 88 valence electrons. The lowest BCUT2D eigenvalue weighted by Gasteiger charge is -2.29. The van der Waals surface area contributed by atoms with Gasteiger partial charge in [-0.2, -0.15) is 0 Å². The molecular formula is C13H26N2. The molecule has 2 saturated heterocycles. The molecule has 2 aliphatic rings. The topological polar surface area (TPSA) is 34.0 Å². The average Bonchev–Trinajstić information content (AvgIpc) is 2.75. The van der Waals surface area contributed by atoms with Gasteiger partial charge < -0.3 is 10.6 Å². The van der Waals surface area contributed by atoms with Crippen molar-refractivity contribution in [1.29, 1.82) is 0 Å². The van der Waals surface area contributed by atoms with Crippen LogP contribution in [0.1, 0.15) is 40.0 Å². The Morgan fingerprint density at radius 2 is 1.67 bits per heavy atom. The minimum atomic E-state index is 0.840. The summed E-state index contributed by atoms with van der Waals surface area (Å²) in [5.74, 6) is 2.73. The molecule has 2 heteroatoms. The summed E-state index contributed by atoms with van der Waals surface area (Å²) in [5.41, 5.74) is 0. The molecule has 3 unspecified atom stereocenters. The first-order valence-corrected chi connectivity index (χ1v) is 6.62. The Labute approximate surface area is 94.2 Å². The molecule has 0 spiro atoms. The molecule has 2 fully saturated rings. The first-order valence-electron chi connectivity index (χ1n) is 6.62. The molecule has 2 N–H and O–H groups in total. The predicted octanol–water partition coefficient (Wildman–Crippen LogP) is 2.01. The van der Waals surface area contributed by atoms with Crippen LogP contribution in [0.15, 0.2) is 0 Å². The second-order valence-corrected chi connectivity index (χ2v) is 6.11. The molecule has 0 saturated carbocycles. The van der Waals surface area contributed by atoms with Gasteiger partial charge in [0.2, 0.25) is 0 Å². The molecule has 2 heterocycles. The highest BCUT2D eigenvalue weighted by atomic mass is 15.1. The summed E-state index contributed by atoms with van der Waals surface area (Å²) < 4.78 is 0. The summed E-state index contributed by atoms with van der Waals surface area (Å²) in [6.45, 7) is 9.58. The lowest BCUT2D eigenvalue weighted by molar-refractivity contribution is 0.276. The van der Waals surface area contributed by atoms with Crippen LogP contribution in [0.2, 0.25) is 0 Å². The summed E-state index contributed by atoms with van der Waals surface area (Å²) in [7, 11) is 0. The summed E-state index contributed by atoms with van der Waals surface area (Å²) in [5, 5.41) is 6.98. The van der Waals surface area contributed by atoms with Gasteiger partial charge in [0, 0.05) is 12.1 Å². The fraction of sp³-hybridized carbons (Fsp3) is 1.00. The van der Waals surface area contributed by atoms with Gasteiger partial charge in [-0.15, -0.1) is 0 Å². The highest BCUT2D eigenvalue weighted by Gasteiger charge is 2.37. The van der Waals surface area contributed by atoms with Crippen LogP contribution in [0.5, 0.6) is 0 Å². The Bertz CT molecular complexity index is 199. The van der Waals surface area contributed by atoms with Crippen molar-refractivity contribution < 1.29 is 0 Å². The number of rotatable bonds is 6. The molecule has 0 bridgehead atoms. The van der Waals surface area contributed by atoms with Crippen molar-refractivity contribution in [2.75, 3.05) is 13.1 Å². The van der Waals surface area contributed by atoms with Crippen LogP contribution < -0.4 is 10.6 Å². The van der Waals surface area contributed by atoms with E-state index in [-0.39, 0.29) is 0 Å². The van der Waals surface area contributed by atoms with E-state index < -0.39 is 0 Å². The van der Waals surface area contributed by atoms with Gasteiger partial charge in [0.1, 0.15) is 0 Å². The SMILES string of the molecule is CC(C)CC1NC1CC(C)CC1CNC1. The van der Waals surface area contributed by atoms with Crippen molar-refractivity contribution in [2.45, 2.75) is 52.1 Å². The van der Waals surface area contributed by atoms with Crippen LogP contribution >= 0.6 is 0 Å². The largest absolute Gasteiger partial charge is 0.316 e. The minimum absolute atomic E-state index is 0.840. The van der Waals surface area contributed by atoms with E-state index >= 15 is 0 Å². The monoisotopic (exact) mass is 210 g/mol. The predicted molar refractivity (Wildman–Crippen MR) is 64.9 cm³/mol. The van der Waals surface area contributed by atoms with Gasteiger partial charge in [0.05, 0.1) is 0 Å². The number of hydrogen-bond donors (Lipinski definition) is 2. The van der Waals surface area contributed by atoms with Crippen molar-refractivity contribution in [2.24, 2.45) is 17.8 Å². The molecule has 0 radical (unpaired) electrons. The molecule has 0 amide bonds. The summed E-state index contributed by atoms with van der Waals surface area (Å²) in [4.78, 5) is 0. The molecule has 15 heavy (non-hydrogen) atoms. The highest BCUT2D eigenvalue weighted by Crippen LogP contribution is 2.28. The molecule has 0 aromatic rings. The zero-order valence-corrected chi connectivity index (χ0v) is 10.4. The molecule has 2 rings (SSSR count). The van der Waals surface area contributed by atoms with Gasteiger partial charge >= 0.3 is 0 Å². The standard InChI is InChI=1S/C13H26N2/c1-9(2)4-12-13(15-12)6-10(3)5-11-7-14-8-11/h9-15H,4-8H2,1-3H3. The van der Waals surface area contributed by atoms with Gasteiger partial charge in [-0.3, -0.25) is 0 Å². The minimum Gasteiger partial charge on any atom is -0.316 e. The fourth-order valence-corrected chi connectivity index (χ4v) is 2.81. The fourth-order valence-electron chi connectivity index (χ4n) is 2.81. The molecular weight excluding hydrogens is 184 g/mol. The Morgan fingerprint density at radius 1 is 1.00 bits per heavy atom. The normalized spacial score (nSPS) is 32.8. The zero-order valence-electron chi connectivity index (χ0n) is 10.4. The van der Waals surface area contributed by atoms with E-state index in [1.54, 1.807) is 0 Å². The van der Waals surface area contributed by atoms with Crippen molar-refractivity contribution in [3.05, 3.63) is 0 Å². The zero-order chi connectivity index (χ0) is 10.8. The van der Waals surface area contributed by atoms with Crippen molar-refractivity contribution >= 4 is 0 Å². The van der Waals surface area contributed by atoms with Crippen LogP contribution in [-0.4, -0.2) is 25.2 Å². The van der Waals surface area contributed by atoms with Gasteiger partial charge in [0.25, 0.3) is 0 Å². The number of hydrogen-bond acceptors (Lipinski definition) is 2. The molecule has 2 nitrogen and oxygen atoms in total. The third-order valence-corrected chi connectivity index (χ3v) is 3.79. The Kier molecular flexibility index (Phi) is 3.68. The molecule has 0 aromatic carbocycles. The van der Waals surface area contributed by atoms with Crippen LogP contribution in [0.4, 0.5) is 0 Å². The van der Waals surface area contributed by atoms with Crippen molar-refractivity contribution in [3.63, 3.8) is 0 Å². The second-order valence-electron chi connectivity index (χ2n) is 6.11. The maximum Gasteiger partial charge on any atom is 0.0227 e. The highest BCUT2D eigenvalue weighted by molar-refractivity contribution is 4.99. The lowest BCUT2D eigenvalue weighted by Crippen LogP contribution is -2.42. The smallest absolute Gasteiger partial charge is 0.0227 e. The van der Waals surface area contributed by atoms with E-state index in [2.05, 4.69) is 31.4 Å². The Morgan fingerprint density at radius 3 is 2.20 bits per heavy atom. The van der Waals surface area contributed by atoms with E-state index in [9.17, 15) is 0 Å². The summed E-state index contributed by atoms with van der Waals surface area (Å²) in [6.07, 6.45) is 4.19. The first-order chi connectivity index (χ1) is 7.15. The summed E-state index contributed by atoms with van der Waals surface area (Å²) >= 11 is 0. The van der Waals surface area contributed by atoms with E-state index in [4.69, 9.17) is 0 Å². The van der Waals surface area contributed by atoms with E-state index in [1.807, 2.05) is 0 Å². The quantitative estimate of drug-likeness (QED) is 0.658. The lowest BCUT2D eigenvalue weighted by atomic mass is 9.88. The van der Waals surface area contributed by atoms with Crippen LogP contribution in [0.3, 0.4) is 0 Å². The van der Waals surface area contributed by atoms with Gasteiger partial charge in [0.15, 0.2) is 0 Å². The van der Waals surface area contributed by atoms with Crippen molar-refractivity contribution in [3.8, 4) is 0 Å². The van der Waals surface area contributed by atoms with Gasteiger partial charge in [-0.05, 0) is 50.1 Å². The van der Waals surface area contributed by atoms with Crippen LogP contribution in [0, 0.1) is 17.8 Å². The Hall–Kier alpha value is -0.0800. The average molecular weight is 210 g/mol. The van der Waals surface area contributed by atoms with Gasteiger partial charge in [-0.1, -0.05) is 20.8 Å². The van der Waals surface area contributed by atoms with Crippen LogP contribution in [-0.2, 0) is 0 Å². The molecule has 2 aliphatic heterocycles. The number of nitrogens with one attached hydrogen (secondary N) is 2. The van der Waals surface area contributed by atoms with E-state index in [1.165, 1.54) is 32.4 Å². The third kappa shape index (κ3) is 3.46. The molecule has 0 aromatic heterocycles. The maximum atomic E-state index is 3.62. The maximum absolute atomic E-state index is 3.62. The second kappa shape index (κ2) is 4.84. The van der Waals surface area contributed by atoms with Crippen LogP contribution in [0.25, 0.3) is 0 Å². The van der Waals surface area contributed by atoms with Gasteiger partial charge in [-0.25, -0.2) is 0 Å². The molecule has 0 aliphatic carbocycles. The first kappa shape index (κ1) is 11.4. The van der Waals surface area contributed by atoms with Crippen molar-refractivity contribution in [1.82, 2.24) is 10.6 Å². The van der Waals surface area contributed by atoms with E-state index in [0.717, 1.165) is 29.8 Å².